The molecule has 1 heterocycles. The van der Waals surface area contributed by atoms with E-state index in [9.17, 15) is 0 Å². The van der Waals surface area contributed by atoms with Crippen LogP contribution in [-0.4, -0.2) is 22.8 Å². The number of hydrogen-bond donors (Lipinski definition) is 0. The summed E-state index contributed by atoms with van der Waals surface area (Å²) in [4.78, 5) is 4.02. The van der Waals surface area contributed by atoms with Gasteiger partial charge in [-0.05, 0) is 44.7 Å². The van der Waals surface area contributed by atoms with Crippen LogP contribution in [0.15, 0.2) is 17.5 Å². The molecule has 0 amide bonds. The summed E-state index contributed by atoms with van der Waals surface area (Å²) in [6, 6.07) is 5.00. The molecule has 0 fully saturated rings. The lowest BCUT2D eigenvalue weighted by Gasteiger charge is -2.25. The van der Waals surface area contributed by atoms with Crippen molar-refractivity contribution in [3.05, 3.63) is 22.4 Å². The smallest absolute Gasteiger partial charge is 0.0330 e. The van der Waals surface area contributed by atoms with Gasteiger partial charge in [-0.2, -0.15) is 0 Å². The maximum absolute atomic E-state index is 3.48. The molecule has 1 aromatic rings. The van der Waals surface area contributed by atoms with Gasteiger partial charge in [-0.25, -0.2) is 0 Å². The molecule has 0 spiro atoms. The van der Waals surface area contributed by atoms with Gasteiger partial charge in [0.25, 0.3) is 0 Å². The molecule has 0 unspecified atom stereocenters. The molecule has 0 saturated heterocycles. The highest BCUT2D eigenvalue weighted by Crippen LogP contribution is 2.14. The van der Waals surface area contributed by atoms with Crippen LogP contribution in [0.5, 0.6) is 0 Å². The number of hydrogen-bond acceptors (Lipinski definition) is 2. The second-order valence-corrected chi connectivity index (χ2v) is 5.86. The number of thiophene rings is 1. The van der Waals surface area contributed by atoms with Crippen molar-refractivity contribution in [3.63, 3.8) is 0 Å². The zero-order valence-corrected chi connectivity index (χ0v) is 12.0. The summed E-state index contributed by atoms with van der Waals surface area (Å²) in [7, 11) is 0. The highest BCUT2D eigenvalue weighted by molar-refractivity contribution is 9.09. The van der Waals surface area contributed by atoms with Crippen molar-refractivity contribution in [2.24, 2.45) is 0 Å². The van der Waals surface area contributed by atoms with Gasteiger partial charge in [0, 0.05) is 22.8 Å². The number of nitrogens with zero attached hydrogens (tertiary/aromatic N) is 1. The Kier molecular flexibility index (Phi) is 6.53. The molecule has 1 aromatic heterocycles. The van der Waals surface area contributed by atoms with Crippen molar-refractivity contribution in [1.82, 2.24) is 4.90 Å². The highest BCUT2D eigenvalue weighted by Gasteiger charge is 2.09. The molecule has 0 atom stereocenters. The lowest BCUT2D eigenvalue weighted by atomic mass is 10.2. The fourth-order valence-electron chi connectivity index (χ4n) is 1.53. The molecule has 1 nitrogen and oxygen atoms in total. The van der Waals surface area contributed by atoms with Crippen molar-refractivity contribution >= 4 is 27.3 Å². The third-order valence-electron chi connectivity index (χ3n) is 2.50. The van der Waals surface area contributed by atoms with Crippen molar-refractivity contribution in [1.29, 1.82) is 0 Å². The van der Waals surface area contributed by atoms with Crippen LogP contribution in [-0.2, 0) is 6.54 Å². The van der Waals surface area contributed by atoms with Gasteiger partial charge >= 0.3 is 0 Å². The molecule has 0 aliphatic carbocycles. The molecule has 0 aromatic carbocycles. The number of rotatable bonds is 7. The summed E-state index contributed by atoms with van der Waals surface area (Å²) in [6.07, 6.45) is 2.56. The Hall–Kier alpha value is 0.140. The molecule has 0 bridgehead atoms. The minimum atomic E-state index is 0.641. The first-order valence-corrected chi connectivity index (χ1v) is 7.56. The second-order valence-electron chi connectivity index (χ2n) is 4.04. The van der Waals surface area contributed by atoms with Gasteiger partial charge in [0.05, 0.1) is 0 Å². The van der Waals surface area contributed by atoms with Crippen LogP contribution in [0, 0.1) is 0 Å². The van der Waals surface area contributed by atoms with Crippen molar-refractivity contribution in [2.45, 2.75) is 39.3 Å². The first kappa shape index (κ1) is 13.2. The zero-order valence-electron chi connectivity index (χ0n) is 9.58. The Balaban J connectivity index is 2.37. The van der Waals surface area contributed by atoms with E-state index in [0.717, 1.165) is 11.9 Å². The minimum absolute atomic E-state index is 0.641. The van der Waals surface area contributed by atoms with Crippen LogP contribution >= 0.6 is 27.3 Å². The molecular formula is C12H20BrNS. The molecule has 0 aliphatic rings. The SMILES string of the molecule is CC(C)N(CCCCBr)Cc1cccs1. The van der Waals surface area contributed by atoms with Gasteiger partial charge < -0.3 is 0 Å². The van der Waals surface area contributed by atoms with E-state index in [0.29, 0.717) is 6.04 Å². The van der Waals surface area contributed by atoms with Gasteiger partial charge in [0.15, 0.2) is 0 Å². The topological polar surface area (TPSA) is 3.24 Å². The summed E-state index contributed by atoms with van der Waals surface area (Å²) in [5, 5.41) is 3.28. The maximum atomic E-state index is 3.48. The third-order valence-corrected chi connectivity index (χ3v) is 3.92. The predicted molar refractivity (Wildman–Crippen MR) is 72.9 cm³/mol. The van der Waals surface area contributed by atoms with Gasteiger partial charge in [0.1, 0.15) is 0 Å². The Morgan fingerprint density at radius 1 is 1.40 bits per heavy atom. The molecule has 15 heavy (non-hydrogen) atoms. The van der Waals surface area contributed by atoms with E-state index in [1.807, 2.05) is 11.3 Å². The van der Waals surface area contributed by atoms with E-state index < -0.39 is 0 Å². The number of alkyl halides is 1. The lowest BCUT2D eigenvalue weighted by molar-refractivity contribution is 0.212. The van der Waals surface area contributed by atoms with E-state index in [4.69, 9.17) is 0 Å². The highest BCUT2D eigenvalue weighted by atomic mass is 79.9. The van der Waals surface area contributed by atoms with Gasteiger partial charge in [-0.15, -0.1) is 11.3 Å². The normalized spacial score (nSPS) is 11.5. The average Bonchev–Trinajstić information content (AvgIpc) is 2.69. The Morgan fingerprint density at radius 2 is 2.20 bits per heavy atom. The summed E-state index contributed by atoms with van der Waals surface area (Å²) >= 11 is 5.34. The predicted octanol–water partition coefficient (Wildman–Crippen LogP) is 4.13. The molecule has 3 heteroatoms. The fourth-order valence-corrected chi connectivity index (χ4v) is 2.66. The first-order valence-electron chi connectivity index (χ1n) is 5.56. The Labute approximate surface area is 106 Å². The average molecular weight is 290 g/mol. The van der Waals surface area contributed by atoms with Crippen LogP contribution in [0.1, 0.15) is 31.6 Å². The van der Waals surface area contributed by atoms with Gasteiger partial charge in [-0.1, -0.05) is 22.0 Å². The molecule has 1 rings (SSSR count). The summed E-state index contributed by atoms with van der Waals surface area (Å²) in [6.45, 7) is 6.88. The van der Waals surface area contributed by atoms with E-state index in [1.165, 1.54) is 24.3 Å². The second kappa shape index (κ2) is 7.42. The van der Waals surface area contributed by atoms with Gasteiger partial charge in [-0.3, -0.25) is 4.90 Å². The first-order chi connectivity index (χ1) is 7.24. The molecular weight excluding hydrogens is 270 g/mol. The number of unbranched alkanes of at least 4 members (excludes halogenated alkanes) is 1. The maximum Gasteiger partial charge on any atom is 0.0330 e. The van der Waals surface area contributed by atoms with Crippen molar-refractivity contribution in [3.8, 4) is 0 Å². The molecule has 0 N–H and O–H groups in total. The standard InChI is InChI=1S/C12H20BrNS/c1-11(2)14(8-4-3-7-13)10-12-6-5-9-15-12/h5-6,9,11H,3-4,7-8,10H2,1-2H3. The monoisotopic (exact) mass is 289 g/mol. The van der Waals surface area contributed by atoms with E-state index in [1.54, 1.807) is 0 Å². The van der Waals surface area contributed by atoms with Gasteiger partial charge in [0.2, 0.25) is 0 Å². The fraction of sp³-hybridized carbons (Fsp3) is 0.667. The molecule has 0 aliphatic heterocycles. The Bertz CT molecular complexity index is 246. The van der Waals surface area contributed by atoms with Crippen LogP contribution in [0.25, 0.3) is 0 Å². The molecule has 86 valence electrons. The minimum Gasteiger partial charge on any atom is -0.296 e. The number of halogens is 1. The largest absolute Gasteiger partial charge is 0.296 e. The van der Waals surface area contributed by atoms with Crippen molar-refractivity contribution < 1.29 is 0 Å². The summed E-state index contributed by atoms with van der Waals surface area (Å²) in [5.74, 6) is 0. The summed E-state index contributed by atoms with van der Waals surface area (Å²) < 4.78 is 0. The Morgan fingerprint density at radius 3 is 2.73 bits per heavy atom. The van der Waals surface area contributed by atoms with Crippen LogP contribution in [0.4, 0.5) is 0 Å². The lowest BCUT2D eigenvalue weighted by Crippen LogP contribution is -2.31. The zero-order chi connectivity index (χ0) is 11.1. The summed E-state index contributed by atoms with van der Waals surface area (Å²) in [5.41, 5.74) is 0. The van der Waals surface area contributed by atoms with E-state index >= 15 is 0 Å². The third kappa shape index (κ3) is 5.14. The van der Waals surface area contributed by atoms with Crippen molar-refractivity contribution in [2.75, 3.05) is 11.9 Å². The molecule has 0 saturated carbocycles. The van der Waals surface area contributed by atoms with Crippen LogP contribution in [0.2, 0.25) is 0 Å². The van der Waals surface area contributed by atoms with Crippen LogP contribution in [0.3, 0.4) is 0 Å². The van der Waals surface area contributed by atoms with Crippen LogP contribution < -0.4 is 0 Å². The van der Waals surface area contributed by atoms with E-state index in [2.05, 4.69) is 52.2 Å². The molecule has 0 radical (unpaired) electrons. The quantitative estimate of drug-likeness (QED) is 0.539. The van der Waals surface area contributed by atoms with E-state index in [-0.39, 0.29) is 0 Å².